The Hall–Kier alpha value is -1.48. The van der Waals surface area contributed by atoms with Crippen LogP contribution in [0.2, 0.25) is 0 Å². The first-order valence-electron chi connectivity index (χ1n) is 8.90. The van der Waals surface area contributed by atoms with Gasteiger partial charge in [0.1, 0.15) is 5.00 Å². The summed E-state index contributed by atoms with van der Waals surface area (Å²) in [6.45, 7) is 5.63. The number of anilines is 1. The molecule has 1 aromatic rings. The summed E-state index contributed by atoms with van der Waals surface area (Å²) in [6, 6.07) is 0. The lowest BCUT2D eigenvalue weighted by Gasteiger charge is -2.26. The van der Waals surface area contributed by atoms with Gasteiger partial charge in [-0.15, -0.1) is 11.3 Å². The van der Waals surface area contributed by atoms with E-state index in [-0.39, 0.29) is 12.5 Å². The van der Waals surface area contributed by atoms with Gasteiger partial charge in [-0.3, -0.25) is 14.5 Å². The van der Waals surface area contributed by atoms with Crippen molar-refractivity contribution >= 4 is 28.2 Å². The number of rotatable bonds is 8. The lowest BCUT2D eigenvalue weighted by molar-refractivity contribution is -0.115. The van der Waals surface area contributed by atoms with E-state index in [9.17, 15) is 9.59 Å². The Balaban J connectivity index is 1.40. The summed E-state index contributed by atoms with van der Waals surface area (Å²) in [4.78, 5) is 27.4. The minimum Gasteiger partial charge on any atom is -0.379 e. The summed E-state index contributed by atoms with van der Waals surface area (Å²) < 4.78 is 5.32. The maximum absolute atomic E-state index is 12.1. The van der Waals surface area contributed by atoms with Crippen molar-refractivity contribution in [3.05, 3.63) is 16.0 Å². The van der Waals surface area contributed by atoms with Crippen molar-refractivity contribution in [2.45, 2.75) is 25.7 Å². The van der Waals surface area contributed by atoms with Crippen LogP contribution in [0.3, 0.4) is 0 Å². The van der Waals surface area contributed by atoms with E-state index in [1.165, 1.54) is 16.2 Å². The zero-order valence-corrected chi connectivity index (χ0v) is 15.3. The number of nitrogens with two attached hydrogens (primary N) is 1. The molecule has 25 heavy (non-hydrogen) atoms. The Morgan fingerprint density at radius 2 is 2.04 bits per heavy atom. The van der Waals surface area contributed by atoms with E-state index in [2.05, 4.69) is 15.5 Å². The zero-order chi connectivity index (χ0) is 17.6. The van der Waals surface area contributed by atoms with Crippen LogP contribution in [0, 0.1) is 0 Å². The van der Waals surface area contributed by atoms with Gasteiger partial charge >= 0.3 is 0 Å². The van der Waals surface area contributed by atoms with Crippen LogP contribution >= 0.6 is 11.3 Å². The molecule has 0 bridgehead atoms. The quantitative estimate of drug-likeness (QED) is 0.585. The topological polar surface area (TPSA) is 96.7 Å². The molecule has 0 aromatic carbocycles. The molecule has 0 saturated carbocycles. The highest BCUT2D eigenvalue weighted by molar-refractivity contribution is 7.17. The van der Waals surface area contributed by atoms with E-state index in [4.69, 9.17) is 10.5 Å². The molecule has 0 unspecified atom stereocenters. The normalized spacial score (nSPS) is 17.4. The molecule has 0 radical (unpaired) electrons. The number of carbonyl (C=O) groups is 2. The number of hydrogen-bond donors (Lipinski definition) is 3. The minimum absolute atomic E-state index is 0.131. The van der Waals surface area contributed by atoms with E-state index < -0.39 is 5.91 Å². The molecule has 1 saturated heterocycles. The standard InChI is InChI=1S/C17H26N4O3S/c18-16(23)15-12-3-1-4-13(12)25-17(15)20-14(22)11-19-5-2-6-21-7-9-24-10-8-21/h19H,1-11H2,(H2,18,23)(H,20,22). The van der Waals surface area contributed by atoms with Crippen LogP contribution in [0.25, 0.3) is 0 Å². The Morgan fingerprint density at radius 1 is 1.24 bits per heavy atom. The number of morpholine rings is 1. The van der Waals surface area contributed by atoms with Crippen molar-refractivity contribution < 1.29 is 14.3 Å². The monoisotopic (exact) mass is 366 g/mol. The molecule has 0 atom stereocenters. The first-order valence-corrected chi connectivity index (χ1v) is 9.72. The van der Waals surface area contributed by atoms with Gasteiger partial charge in [-0.2, -0.15) is 0 Å². The van der Waals surface area contributed by atoms with E-state index in [1.54, 1.807) is 0 Å². The van der Waals surface area contributed by atoms with Gasteiger partial charge in [0.15, 0.2) is 0 Å². The van der Waals surface area contributed by atoms with Crippen LogP contribution in [-0.2, 0) is 22.4 Å². The number of aryl methyl sites for hydroxylation is 1. The fraction of sp³-hybridized carbons (Fsp3) is 0.647. The number of primary amides is 1. The number of nitrogens with one attached hydrogen (secondary N) is 2. The lowest BCUT2D eigenvalue weighted by atomic mass is 10.1. The third-order valence-electron chi connectivity index (χ3n) is 4.64. The first-order chi connectivity index (χ1) is 12.1. The van der Waals surface area contributed by atoms with Crippen LogP contribution in [0.1, 0.15) is 33.6 Å². The molecule has 1 aromatic heterocycles. The predicted molar refractivity (Wildman–Crippen MR) is 98.2 cm³/mol. The van der Waals surface area contributed by atoms with E-state index in [1.807, 2.05) is 0 Å². The lowest BCUT2D eigenvalue weighted by Crippen LogP contribution is -2.38. The van der Waals surface area contributed by atoms with Crippen molar-refractivity contribution in [2.24, 2.45) is 5.73 Å². The smallest absolute Gasteiger partial charge is 0.251 e. The number of thiophene rings is 1. The number of amides is 2. The predicted octanol–water partition coefficient (Wildman–Crippen LogP) is 0.586. The van der Waals surface area contributed by atoms with Crippen molar-refractivity contribution in [1.29, 1.82) is 0 Å². The summed E-state index contributed by atoms with van der Waals surface area (Å²) in [5.74, 6) is -0.582. The van der Waals surface area contributed by atoms with Crippen LogP contribution in [0.15, 0.2) is 0 Å². The number of fused-ring (bicyclic) bond motifs is 1. The van der Waals surface area contributed by atoms with Gasteiger partial charge < -0.3 is 21.1 Å². The molecule has 2 heterocycles. The Labute approximate surface area is 151 Å². The average Bonchev–Trinajstić information content (AvgIpc) is 3.15. The van der Waals surface area contributed by atoms with Crippen molar-refractivity contribution in [3.63, 3.8) is 0 Å². The number of ether oxygens (including phenoxy) is 1. The third-order valence-corrected chi connectivity index (χ3v) is 5.85. The average molecular weight is 366 g/mol. The van der Waals surface area contributed by atoms with Gasteiger partial charge in [0, 0.05) is 18.0 Å². The summed E-state index contributed by atoms with van der Waals surface area (Å²) >= 11 is 1.49. The van der Waals surface area contributed by atoms with Crippen molar-refractivity contribution in [1.82, 2.24) is 10.2 Å². The fourth-order valence-corrected chi connectivity index (χ4v) is 4.69. The second-order valence-electron chi connectivity index (χ2n) is 6.46. The fourth-order valence-electron chi connectivity index (χ4n) is 3.38. The van der Waals surface area contributed by atoms with Gasteiger partial charge in [0.25, 0.3) is 5.91 Å². The Morgan fingerprint density at radius 3 is 2.80 bits per heavy atom. The van der Waals surface area contributed by atoms with Gasteiger partial charge in [0.2, 0.25) is 5.91 Å². The third kappa shape index (κ3) is 4.78. The number of nitrogens with zero attached hydrogens (tertiary/aromatic N) is 1. The molecule has 8 heteroatoms. The SMILES string of the molecule is NC(=O)c1c(NC(=O)CNCCCN2CCOCC2)sc2c1CCC2. The highest BCUT2D eigenvalue weighted by Crippen LogP contribution is 2.38. The van der Waals surface area contributed by atoms with Gasteiger partial charge in [-0.25, -0.2) is 0 Å². The highest BCUT2D eigenvalue weighted by atomic mass is 32.1. The molecular weight excluding hydrogens is 340 g/mol. The molecule has 3 rings (SSSR count). The molecule has 2 aliphatic rings. The van der Waals surface area contributed by atoms with E-state index in [0.29, 0.717) is 10.6 Å². The van der Waals surface area contributed by atoms with Crippen LogP contribution in [-0.4, -0.2) is 62.7 Å². The van der Waals surface area contributed by atoms with E-state index in [0.717, 1.165) is 70.6 Å². The minimum atomic E-state index is -0.451. The highest BCUT2D eigenvalue weighted by Gasteiger charge is 2.25. The molecule has 4 N–H and O–H groups in total. The largest absolute Gasteiger partial charge is 0.379 e. The molecule has 1 aliphatic carbocycles. The van der Waals surface area contributed by atoms with Crippen LogP contribution < -0.4 is 16.4 Å². The molecule has 2 amide bonds. The first kappa shape index (κ1) is 18.3. The summed E-state index contributed by atoms with van der Waals surface area (Å²) in [5.41, 5.74) is 7.05. The zero-order valence-electron chi connectivity index (χ0n) is 14.4. The number of carbonyl (C=O) groups excluding carboxylic acids is 2. The molecule has 7 nitrogen and oxygen atoms in total. The van der Waals surface area contributed by atoms with Crippen molar-refractivity contribution in [2.75, 3.05) is 51.3 Å². The molecular formula is C17H26N4O3S. The Bertz CT molecular complexity index is 626. The molecule has 138 valence electrons. The van der Waals surface area contributed by atoms with Crippen LogP contribution in [0.5, 0.6) is 0 Å². The van der Waals surface area contributed by atoms with Gasteiger partial charge in [-0.05, 0) is 44.3 Å². The number of hydrogen-bond acceptors (Lipinski definition) is 6. The summed E-state index contributed by atoms with van der Waals surface area (Å²) in [5, 5.41) is 6.62. The molecule has 1 fully saturated rings. The van der Waals surface area contributed by atoms with Gasteiger partial charge in [-0.1, -0.05) is 0 Å². The van der Waals surface area contributed by atoms with E-state index >= 15 is 0 Å². The molecule has 0 spiro atoms. The summed E-state index contributed by atoms with van der Waals surface area (Å²) in [6.07, 6.45) is 3.89. The Kier molecular flexibility index (Phi) is 6.41. The second kappa shape index (κ2) is 8.75. The van der Waals surface area contributed by atoms with Crippen LogP contribution in [0.4, 0.5) is 5.00 Å². The maximum atomic E-state index is 12.1. The summed E-state index contributed by atoms with van der Waals surface area (Å²) in [7, 11) is 0. The maximum Gasteiger partial charge on any atom is 0.251 e. The second-order valence-corrected chi connectivity index (χ2v) is 7.56. The molecule has 1 aliphatic heterocycles. The van der Waals surface area contributed by atoms with Gasteiger partial charge in [0.05, 0.1) is 25.3 Å². The van der Waals surface area contributed by atoms with Crippen molar-refractivity contribution in [3.8, 4) is 0 Å².